The number of hydrogen-bond donors (Lipinski definition) is 3. The van der Waals surface area contributed by atoms with Crippen LogP contribution in [0, 0.1) is 23.7 Å². The number of primary amides is 1. The van der Waals surface area contributed by atoms with Crippen molar-refractivity contribution >= 4 is 34.7 Å². The Morgan fingerprint density at radius 2 is 1.82 bits per heavy atom. The zero-order chi connectivity index (χ0) is 27.8. The fraction of sp³-hybridized carbons (Fsp3) is 0.444. The second-order valence-electron chi connectivity index (χ2n) is 10.8. The van der Waals surface area contributed by atoms with E-state index in [2.05, 4.69) is 0 Å². The number of hydrogen-bond acceptors (Lipinski definition) is 10. The van der Waals surface area contributed by atoms with E-state index in [-0.39, 0.29) is 24.2 Å². The average molecular weight is 524 g/mol. The van der Waals surface area contributed by atoms with E-state index in [0.717, 1.165) is 0 Å². The summed E-state index contributed by atoms with van der Waals surface area (Å²) in [5.41, 5.74) is 4.59. The first-order valence-corrected chi connectivity index (χ1v) is 12.3. The molecule has 6 atom stereocenters. The predicted octanol–water partition coefficient (Wildman–Crippen LogP) is 0.193. The van der Waals surface area contributed by atoms with E-state index in [9.17, 15) is 34.2 Å². The number of aliphatic hydroxyl groups is 1. The van der Waals surface area contributed by atoms with E-state index < -0.39 is 64.4 Å². The molecule has 4 N–H and O–H groups in total. The standard InChI is InChI=1S/C27H29N3O8/c1-29(2)16-9-13(11-5-6-38-10-11)21(31)18-14(16)7-12-8-15-20(30(3)4)23(33)19(26(28)36)25(35)27(15,37)24(34)17(12)22(18)32/h5-6,9-10,12,15,17,19-20,31,37H,7-8H2,1-4H3,(H2,28,36)/t12-,15-,17?,19?,20-,27-/m0/s1. The van der Waals surface area contributed by atoms with E-state index in [0.29, 0.717) is 22.4 Å². The quantitative estimate of drug-likeness (QED) is 0.470. The molecule has 200 valence electrons. The minimum absolute atomic E-state index is 0.001000. The van der Waals surface area contributed by atoms with Gasteiger partial charge in [0.25, 0.3) is 0 Å². The van der Waals surface area contributed by atoms with Crippen molar-refractivity contribution in [3.8, 4) is 16.9 Å². The zero-order valence-corrected chi connectivity index (χ0v) is 21.4. The molecule has 0 radical (unpaired) electrons. The largest absolute Gasteiger partial charge is 0.507 e. The second kappa shape index (κ2) is 8.60. The minimum atomic E-state index is -2.75. The molecule has 5 rings (SSSR count). The third kappa shape index (κ3) is 3.31. The maximum atomic E-state index is 14.0. The molecule has 11 heteroatoms. The van der Waals surface area contributed by atoms with Gasteiger partial charge in [-0.15, -0.1) is 0 Å². The number of phenolic OH excluding ortho intramolecular Hbond substituents is 1. The van der Waals surface area contributed by atoms with Crippen molar-refractivity contribution in [2.75, 3.05) is 33.1 Å². The van der Waals surface area contributed by atoms with Crippen molar-refractivity contribution < 1.29 is 38.6 Å². The molecule has 38 heavy (non-hydrogen) atoms. The smallest absolute Gasteiger partial charge is 0.235 e. The molecule has 2 aromatic rings. The van der Waals surface area contributed by atoms with Gasteiger partial charge < -0.3 is 25.3 Å². The Kier molecular flexibility index (Phi) is 5.84. The lowest BCUT2D eigenvalue weighted by Gasteiger charge is -2.52. The lowest BCUT2D eigenvalue weighted by Crippen LogP contribution is -2.74. The molecule has 3 aliphatic carbocycles. The van der Waals surface area contributed by atoms with Crippen LogP contribution >= 0.6 is 0 Å². The summed E-state index contributed by atoms with van der Waals surface area (Å²) in [5, 5.41) is 22.9. The number of anilines is 1. The monoisotopic (exact) mass is 523 g/mol. The molecule has 1 aromatic carbocycles. The van der Waals surface area contributed by atoms with Crippen molar-refractivity contribution in [2.24, 2.45) is 29.4 Å². The number of furan rings is 1. The Labute approximate surface area is 218 Å². The van der Waals surface area contributed by atoms with Gasteiger partial charge in [0.2, 0.25) is 5.91 Å². The molecule has 0 aliphatic heterocycles. The molecule has 0 saturated heterocycles. The Balaban J connectivity index is 1.69. The van der Waals surface area contributed by atoms with Gasteiger partial charge in [0.15, 0.2) is 34.7 Å². The third-order valence-electron chi connectivity index (χ3n) is 8.35. The van der Waals surface area contributed by atoms with Crippen LogP contribution in [0.2, 0.25) is 0 Å². The minimum Gasteiger partial charge on any atom is -0.507 e. The van der Waals surface area contributed by atoms with Crippen LogP contribution < -0.4 is 10.6 Å². The van der Waals surface area contributed by atoms with Gasteiger partial charge in [-0.2, -0.15) is 0 Å². The van der Waals surface area contributed by atoms with Crippen LogP contribution in [-0.2, 0) is 25.6 Å². The zero-order valence-electron chi connectivity index (χ0n) is 21.4. The highest BCUT2D eigenvalue weighted by Crippen LogP contribution is 2.53. The molecule has 2 unspecified atom stereocenters. The number of aromatic hydroxyl groups is 1. The van der Waals surface area contributed by atoms with E-state index >= 15 is 0 Å². The summed E-state index contributed by atoms with van der Waals surface area (Å²) in [4.78, 5) is 69.8. The SMILES string of the molecule is CN(C)c1cc(-c2ccoc2)c(O)c2c1C[C@H]1C[C@H]3[C@H](N(C)C)C(=O)C(C(N)=O)C(=O)[C@@]3(O)C(=O)C1C2=O. The Bertz CT molecular complexity index is 1400. The fourth-order valence-electron chi connectivity index (χ4n) is 6.69. The summed E-state index contributed by atoms with van der Waals surface area (Å²) < 4.78 is 5.15. The van der Waals surface area contributed by atoms with Gasteiger partial charge in [0.05, 0.1) is 30.0 Å². The van der Waals surface area contributed by atoms with Gasteiger partial charge in [0, 0.05) is 36.8 Å². The number of rotatable bonds is 4. The van der Waals surface area contributed by atoms with Crippen molar-refractivity contribution in [1.29, 1.82) is 0 Å². The lowest BCUT2D eigenvalue weighted by molar-refractivity contribution is -0.181. The molecule has 2 fully saturated rings. The Hall–Kier alpha value is -3.83. The summed E-state index contributed by atoms with van der Waals surface area (Å²) in [6, 6.07) is 2.22. The van der Waals surface area contributed by atoms with E-state index in [1.807, 2.05) is 0 Å². The Morgan fingerprint density at radius 1 is 1.13 bits per heavy atom. The number of phenols is 1. The first-order chi connectivity index (χ1) is 17.8. The molecule has 1 aromatic heterocycles. The van der Waals surface area contributed by atoms with Gasteiger partial charge in [-0.3, -0.25) is 28.9 Å². The first kappa shape index (κ1) is 25.8. The van der Waals surface area contributed by atoms with Crippen LogP contribution in [0.3, 0.4) is 0 Å². The number of benzene rings is 1. The summed E-state index contributed by atoms with van der Waals surface area (Å²) in [6.45, 7) is 0. The summed E-state index contributed by atoms with van der Waals surface area (Å²) >= 11 is 0. The number of ketones is 4. The third-order valence-corrected chi connectivity index (χ3v) is 8.35. The maximum absolute atomic E-state index is 14.0. The maximum Gasteiger partial charge on any atom is 0.235 e. The van der Waals surface area contributed by atoms with Crippen LogP contribution in [0.4, 0.5) is 5.69 Å². The summed E-state index contributed by atoms with van der Waals surface area (Å²) in [5.74, 6) is -10.7. The van der Waals surface area contributed by atoms with Gasteiger partial charge in [-0.05, 0) is 50.6 Å². The van der Waals surface area contributed by atoms with Crippen molar-refractivity contribution in [3.05, 3.63) is 35.8 Å². The molecule has 0 bridgehead atoms. The number of likely N-dealkylation sites (N-methyl/N-ethyl adjacent to an activating group) is 1. The number of fused-ring (bicyclic) bond motifs is 3. The van der Waals surface area contributed by atoms with Crippen molar-refractivity contribution in [1.82, 2.24) is 4.90 Å². The lowest BCUT2D eigenvalue weighted by atomic mass is 9.52. The number of nitrogens with zero attached hydrogens (tertiary/aromatic N) is 2. The van der Waals surface area contributed by atoms with Crippen LogP contribution in [-0.4, -0.2) is 84.0 Å². The second-order valence-corrected chi connectivity index (χ2v) is 10.8. The number of nitrogens with two attached hydrogens (primary N) is 1. The summed E-state index contributed by atoms with van der Waals surface area (Å²) in [7, 11) is 6.68. The van der Waals surface area contributed by atoms with Crippen LogP contribution in [0.25, 0.3) is 11.1 Å². The fourth-order valence-corrected chi connectivity index (χ4v) is 6.69. The van der Waals surface area contributed by atoms with Crippen LogP contribution in [0.15, 0.2) is 29.1 Å². The predicted molar refractivity (Wildman–Crippen MR) is 133 cm³/mol. The van der Waals surface area contributed by atoms with Crippen LogP contribution in [0.5, 0.6) is 5.75 Å². The topological polar surface area (TPSA) is 171 Å². The Morgan fingerprint density at radius 3 is 2.37 bits per heavy atom. The van der Waals surface area contributed by atoms with Crippen LogP contribution in [0.1, 0.15) is 22.3 Å². The number of carbonyl (C=O) groups excluding carboxylic acids is 5. The highest BCUT2D eigenvalue weighted by atomic mass is 16.3. The van der Waals surface area contributed by atoms with Crippen molar-refractivity contribution in [3.63, 3.8) is 0 Å². The normalized spacial score (nSPS) is 30.6. The molecule has 1 amide bonds. The highest BCUT2D eigenvalue weighted by Gasteiger charge is 2.69. The van der Waals surface area contributed by atoms with E-state index in [1.54, 1.807) is 45.2 Å². The molecule has 2 saturated carbocycles. The molecular weight excluding hydrogens is 494 g/mol. The molecule has 1 heterocycles. The number of carbonyl (C=O) groups is 5. The van der Waals surface area contributed by atoms with Gasteiger partial charge in [-0.1, -0.05) is 0 Å². The molecule has 11 nitrogen and oxygen atoms in total. The first-order valence-electron chi connectivity index (χ1n) is 12.3. The number of amides is 1. The van der Waals surface area contributed by atoms with Gasteiger partial charge in [0.1, 0.15) is 5.75 Å². The molecular formula is C27H29N3O8. The van der Waals surface area contributed by atoms with Crippen molar-refractivity contribution in [2.45, 2.75) is 24.5 Å². The molecule has 3 aliphatic rings. The highest BCUT2D eigenvalue weighted by molar-refractivity contribution is 6.32. The van der Waals surface area contributed by atoms with Gasteiger partial charge in [-0.25, -0.2) is 0 Å². The summed E-state index contributed by atoms with van der Waals surface area (Å²) in [6.07, 6.45) is 3.03. The number of Topliss-reactive ketones (excluding diaryl/α,β-unsaturated/α-hetero) is 4. The van der Waals surface area contributed by atoms with Gasteiger partial charge >= 0.3 is 0 Å². The average Bonchev–Trinajstić information content (AvgIpc) is 3.35. The van der Waals surface area contributed by atoms with E-state index in [4.69, 9.17) is 10.2 Å². The van der Waals surface area contributed by atoms with E-state index in [1.165, 1.54) is 17.4 Å². The molecule has 0 spiro atoms.